The van der Waals surface area contributed by atoms with Gasteiger partial charge in [0, 0.05) is 31.8 Å². The first-order valence-corrected chi connectivity index (χ1v) is 5.43. The van der Waals surface area contributed by atoms with Crippen LogP contribution in [0.15, 0.2) is 0 Å². The maximum absolute atomic E-state index is 8.90. The van der Waals surface area contributed by atoms with E-state index in [-0.39, 0.29) is 19.3 Å². The molecule has 4 heteroatoms. The molecule has 0 aromatic carbocycles. The highest BCUT2D eigenvalue weighted by Crippen LogP contribution is 1.89. The molecule has 0 fully saturated rings. The summed E-state index contributed by atoms with van der Waals surface area (Å²) in [6.45, 7) is 6.26. The molecule has 0 saturated heterocycles. The molecule has 2 unspecified atom stereocenters. The van der Waals surface area contributed by atoms with Crippen LogP contribution in [0.4, 0.5) is 0 Å². The van der Waals surface area contributed by atoms with Crippen LogP contribution < -0.4 is 10.6 Å². The Morgan fingerprint density at radius 3 is 2.29 bits per heavy atom. The molecule has 0 aliphatic heterocycles. The zero-order chi connectivity index (χ0) is 10.8. The van der Waals surface area contributed by atoms with Gasteiger partial charge in [-0.05, 0) is 19.8 Å². The summed E-state index contributed by atoms with van der Waals surface area (Å²) in [5.41, 5.74) is 0. The Morgan fingerprint density at radius 1 is 1.14 bits per heavy atom. The molecule has 0 aromatic heterocycles. The summed E-state index contributed by atoms with van der Waals surface area (Å²) in [6, 6.07) is 0.570. The third-order valence-corrected chi connectivity index (χ3v) is 2.33. The Labute approximate surface area is 86.7 Å². The van der Waals surface area contributed by atoms with Crippen LogP contribution in [-0.4, -0.2) is 48.6 Å². The largest absolute Gasteiger partial charge is 0.396 e. The van der Waals surface area contributed by atoms with Crippen LogP contribution in [0.3, 0.4) is 0 Å². The molecule has 2 atom stereocenters. The van der Waals surface area contributed by atoms with Crippen LogP contribution in [0.25, 0.3) is 0 Å². The first kappa shape index (κ1) is 13.8. The summed E-state index contributed by atoms with van der Waals surface area (Å²) < 4.78 is 0. The maximum Gasteiger partial charge on any atom is 0.0584 e. The zero-order valence-electron chi connectivity index (χ0n) is 9.29. The number of aliphatic hydroxyl groups is 2. The summed E-state index contributed by atoms with van der Waals surface area (Å²) in [5, 5.41) is 24.1. The second-order valence-electron chi connectivity index (χ2n) is 3.61. The molecule has 0 radical (unpaired) electrons. The van der Waals surface area contributed by atoms with Crippen molar-refractivity contribution in [2.75, 3.05) is 26.3 Å². The third-order valence-electron chi connectivity index (χ3n) is 2.33. The minimum Gasteiger partial charge on any atom is -0.396 e. The van der Waals surface area contributed by atoms with Gasteiger partial charge in [0.15, 0.2) is 0 Å². The highest BCUT2D eigenvalue weighted by molar-refractivity contribution is 4.65. The number of nitrogens with one attached hydrogen (secondary N) is 2. The lowest BCUT2D eigenvalue weighted by Crippen LogP contribution is -2.39. The van der Waals surface area contributed by atoms with Gasteiger partial charge in [0.1, 0.15) is 0 Å². The van der Waals surface area contributed by atoms with Gasteiger partial charge in [0.2, 0.25) is 0 Å². The van der Waals surface area contributed by atoms with Crippen molar-refractivity contribution in [1.29, 1.82) is 0 Å². The SMILES string of the molecule is CCC(CO)NCCNC(C)CCO. The van der Waals surface area contributed by atoms with Gasteiger partial charge < -0.3 is 20.8 Å². The van der Waals surface area contributed by atoms with Gasteiger partial charge in [-0.3, -0.25) is 0 Å². The topological polar surface area (TPSA) is 64.5 Å². The smallest absolute Gasteiger partial charge is 0.0584 e. The Hall–Kier alpha value is -0.160. The van der Waals surface area contributed by atoms with Gasteiger partial charge in [-0.1, -0.05) is 6.92 Å². The van der Waals surface area contributed by atoms with Gasteiger partial charge in [-0.15, -0.1) is 0 Å². The zero-order valence-corrected chi connectivity index (χ0v) is 9.29. The Balaban J connectivity index is 3.27. The molecule has 0 heterocycles. The van der Waals surface area contributed by atoms with Crippen LogP contribution in [0.1, 0.15) is 26.7 Å². The van der Waals surface area contributed by atoms with Gasteiger partial charge in [0.05, 0.1) is 6.61 Å². The predicted octanol–water partition coefficient (Wildman–Crippen LogP) is -0.293. The van der Waals surface area contributed by atoms with E-state index in [1.54, 1.807) is 0 Å². The van der Waals surface area contributed by atoms with Crippen molar-refractivity contribution in [3.05, 3.63) is 0 Å². The second kappa shape index (κ2) is 9.40. The molecule has 0 rings (SSSR count). The summed E-state index contributed by atoms with van der Waals surface area (Å²) in [5.74, 6) is 0. The van der Waals surface area contributed by atoms with E-state index in [4.69, 9.17) is 10.2 Å². The lowest BCUT2D eigenvalue weighted by molar-refractivity contribution is 0.238. The van der Waals surface area contributed by atoms with Crippen molar-refractivity contribution in [3.63, 3.8) is 0 Å². The highest BCUT2D eigenvalue weighted by Gasteiger charge is 2.03. The van der Waals surface area contributed by atoms with Crippen molar-refractivity contribution < 1.29 is 10.2 Å². The van der Waals surface area contributed by atoms with Gasteiger partial charge in [0.25, 0.3) is 0 Å². The quantitative estimate of drug-likeness (QED) is 0.390. The van der Waals surface area contributed by atoms with Crippen LogP contribution in [0.5, 0.6) is 0 Å². The van der Waals surface area contributed by atoms with E-state index in [1.807, 2.05) is 0 Å². The van der Waals surface area contributed by atoms with Crippen molar-refractivity contribution in [2.45, 2.75) is 38.8 Å². The number of hydrogen-bond donors (Lipinski definition) is 4. The Bertz CT molecular complexity index is 119. The van der Waals surface area contributed by atoms with Crippen LogP contribution >= 0.6 is 0 Å². The van der Waals surface area contributed by atoms with E-state index >= 15 is 0 Å². The fourth-order valence-corrected chi connectivity index (χ4v) is 1.23. The fraction of sp³-hybridized carbons (Fsp3) is 1.00. The standard InChI is InChI=1S/C10H24N2O2/c1-3-10(8-14)12-6-5-11-9(2)4-7-13/h9-14H,3-8H2,1-2H3. The molecule has 0 saturated carbocycles. The molecule has 4 N–H and O–H groups in total. The van der Waals surface area contributed by atoms with E-state index in [1.165, 1.54) is 0 Å². The van der Waals surface area contributed by atoms with Crippen molar-refractivity contribution in [3.8, 4) is 0 Å². The van der Waals surface area contributed by atoms with Crippen molar-refractivity contribution >= 4 is 0 Å². The molecule has 0 amide bonds. The summed E-state index contributed by atoms with van der Waals surface area (Å²) in [6.07, 6.45) is 1.74. The highest BCUT2D eigenvalue weighted by atomic mass is 16.3. The first-order valence-electron chi connectivity index (χ1n) is 5.43. The number of hydrogen-bond acceptors (Lipinski definition) is 4. The lowest BCUT2D eigenvalue weighted by Gasteiger charge is -2.16. The van der Waals surface area contributed by atoms with E-state index in [9.17, 15) is 0 Å². The van der Waals surface area contributed by atoms with E-state index < -0.39 is 0 Å². The average Bonchev–Trinajstić information content (AvgIpc) is 2.19. The second-order valence-corrected chi connectivity index (χ2v) is 3.61. The number of aliphatic hydroxyl groups excluding tert-OH is 2. The van der Waals surface area contributed by atoms with Crippen LogP contribution in [0.2, 0.25) is 0 Å². The van der Waals surface area contributed by atoms with Gasteiger partial charge >= 0.3 is 0 Å². The normalized spacial score (nSPS) is 15.4. The molecule has 4 nitrogen and oxygen atoms in total. The minimum atomic E-state index is 0.197. The van der Waals surface area contributed by atoms with Crippen molar-refractivity contribution in [1.82, 2.24) is 10.6 Å². The van der Waals surface area contributed by atoms with E-state index in [0.717, 1.165) is 25.9 Å². The molecule has 14 heavy (non-hydrogen) atoms. The summed E-state index contributed by atoms with van der Waals surface area (Å²) in [7, 11) is 0. The number of rotatable bonds is 9. The fourth-order valence-electron chi connectivity index (χ4n) is 1.23. The Morgan fingerprint density at radius 2 is 1.79 bits per heavy atom. The molecule has 0 aliphatic carbocycles. The van der Waals surface area contributed by atoms with Crippen molar-refractivity contribution in [2.24, 2.45) is 0 Å². The van der Waals surface area contributed by atoms with Gasteiger partial charge in [-0.25, -0.2) is 0 Å². The Kier molecular flexibility index (Phi) is 9.29. The van der Waals surface area contributed by atoms with E-state index in [0.29, 0.717) is 6.04 Å². The first-order chi connectivity index (χ1) is 6.74. The molecular formula is C10H24N2O2. The molecule has 86 valence electrons. The molecule has 0 aromatic rings. The minimum absolute atomic E-state index is 0.197. The lowest BCUT2D eigenvalue weighted by atomic mass is 10.2. The summed E-state index contributed by atoms with van der Waals surface area (Å²) in [4.78, 5) is 0. The average molecular weight is 204 g/mol. The molecule has 0 aliphatic rings. The van der Waals surface area contributed by atoms with E-state index in [2.05, 4.69) is 24.5 Å². The molecule has 0 spiro atoms. The van der Waals surface area contributed by atoms with Crippen LogP contribution in [-0.2, 0) is 0 Å². The monoisotopic (exact) mass is 204 g/mol. The van der Waals surface area contributed by atoms with Gasteiger partial charge in [-0.2, -0.15) is 0 Å². The maximum atomic E-state index is 8.90. The van der Waals surface area contributed by atoms with Crippen LogP contribution in [0, 0.1) is 0 Å². The predicted molar refractivity (Wildman–Crippen MR) is 58.3 cm³/mol. The molecule has 0 bridgehead atoms. The third kappa shape index (κ3) is 7.26. The summed E-state index contributed by atoms with van der Waals surface area (Å²) >= 11 is 0. The molecular weight excluding hydrogens is 180 g/mol.